The minimum absolute atomic E-state index is 0.0244. The highest BCUT2D eigenvalue weighted by atomic mass is 35.5. The first-order valence-corrected chi connectivity index (χ1v) is 7.05. The predicted molar refractivity (Wildman–Crippen MR) is 87.6 cm³/mol. The largest absolute Gasteiger partial charge is 0.504 e. The molecular formula is C17H16ClNO3. The topological polar surface area (TPSA) is 58.6 Å². The third-order valence-corrected chi connectivity index (χ3v) is 3.20. The molecule has 0 aliphatic heterocycles. The number of methoxy groups -OCH3 is 1. The fourth-order valence-corrected chi connectivity index (χ4v) is 2.08. The molecule has 0 bridgehead atoms. The van der Waals surface area contributed by atoms with Crippen LogP contribution in [0.15, 0.2) is 59.3 Å². The van der Waals surface area contributed by atoms with Crippen molar-refractivity contribution in [2.24, 2.45) is 0 Å². The zero-order valence-electron chi connectivity index (χ0n) is 12.0. The molecular weight excluding hydrogens is 302 g/mol. The van der Waals surface area contributed by atoms with Gasteiger partial charge in [0, 0.05) is 23.2 Å². The highest BCUT2D eigenvalue weighted by Gasteiger charge is 2.03. The minimum Gasteiger partial charge on any atom is -0.504 e. The molecule has 5 heteroatoms. The third-order valence-electron chi connectivity index (χ3n) is 2.93. The van der Waals surface area contributed by atoms with Crippen LogP contribution in [-0.4, -0.2) is 18.1 Å². The van der Waals surface area contributed by atoms with Crippen molar-refractivity contribution in [3.05, 3.63) is 64.9 Å². The number of ether oxygens (including phenoxy) is 1. The van der Waals surface area contributed by atoms with Crippen LogP contribution < -0.4 is 10.1 Å². The smallest absolute Gasteiger partial charge is 0.248 e. The van der Waals surface area contributed by atoms with Crippen molar-refractivity contribution in [2.45, 2.75) is 6.42 Å². The summed E-state index contributed by atoms with van der Waals surface area (Å²) in [7, 11) is 1.48. The molecule has 1 aliphatic rings. The summed E-state index contributed by atoms with van der Waals surface area (Å²) < 4.78 is 4.96. The second kappa shape index (κ2) is 7.52. The lowest BCUT2D eigenvalue weighted by Crippen LogP contribution is -2.19. The molecule has 1 aromatic carbocycles. The highest BCUT2D eigenvalue weighted by molar-refractivity contribution is 6.29. The van der Waals surface area contributed by atoms with E-state index in [9.17, 15) is 9.90 Å². The van der Waals surface area contributed by atoms with Crippen LogP contribution in [0.3, 0.4) is 0 Å². The van der Waals surface area contributed by atoms with Gasteiger partial charge in [-0.2, -0.15) is 0 Å². The standard InChI is InChI=1S/C17H16ClNO3/c1-22-16-8-6-12(10-15(16)20)7-9-17(21)19-14-5-3-2-4-13(18)11-14/h2-3,5-11,20H,4H2,1H3,(H,19,21). The van der Waals surface area contributed by atoms with Crippen LogP contribution in [0, 0.1) is 0 Å². The summed E-state index contributed by atoms with van der Waals surface area (Å²) >= 11 is 5.98. The number of rotatable bonds is 4. The summed E-state index contributed by atoms with van der Waals surface area (Å²) in [6, 6.07) is 4.90. The van der Waals surface area contributed by atoms with E-state index in [-0.39, 0.29) is 11.7 Å². The first-order valence-electron chi connectivity index (χ1n) is 6.67. The van der Waals surface area contributed by atoms with Crippen molar-refractivity contribution in [2.75, 3.05) is 7.11 Å². The Labute approximate surface area is 134 Å². The van der Waals surface area contributed by atoms with E-state index in [1.807, 2.05) is 12.2 Å². The van der Waals surface area contributed by atoms with Crippen molar-refractivity contribution in [1.82, 2.24) is 5.32 Å². The van der Waals surface area contributed by atoms with Gasteiger partial charge in [0.2, 0.25) is 5.91 Å². The molecule has 0 heterocycles. The molecule has 22 heavy (non-hydrogen) atoms. The average molecular weight is 318 g/mol. The average Bonchev–Trinajstić information content (AvgIpc) is 2.69. The summed E-state index contributed by atoms with van der Waals surface area (Å²) in [4.78, 5) is 11.9. The number of halogens is 1. The first kappa shape index (κ1) is 15.9. The Balaban J connectivity index is 2.02. The third kappa shape index (κ3) is 4.53. The number of phenols is 1. The van der Waals surface area contributed by atoms with E-state index in [1.165, 1.54) is 19.3 Å². The molecule has 0 unspecified atom stereocenters. The second-order valence-electron chi connectivity index (χ2n) is 4.60. The lowest BCUT2D eigenvalue weighted by molar-refractivity contribution is -0.115. The first-order chi connectivity index (χ1) is 10.6. The van der Waals surface area contributed by atoms with Gasteiger partial charge in [0.05, 0.1) is 7.11 Å². The molecule has 0 radical (unpaired) electrons. The van der Waals surface area contributed by atoms with Crippen LogP contribution in [-0.2, 0) is 4.79 Å². The molecule has 1 aromatic rings. The number of benzene rings is 1. The molecule has 0 spiro atoms. The zero-order chi connectivity index (χ0) is 15.9. The monoisotopic (exact) mass is 317 g/mol. The lowest BCUT2D eigenvalue weighted by atomic mass is 10.2. The molecule has 0 atom stereocenters. The molecule has 2 N–H and O–H groups in total. The van der Waals surface area contributed by atoms with Crippen LogP contribution in [0.2, 0.25) is 0 Å². The van der Waals surface area contributed by atoms with Gasteiger partial charge in [-0.05, 0) is 35.9 Å². The van der Waals surface area contributed by atoms with Gasteiger partial charge in [-0.1, -0.05) is 29.8 Å². The molecule has 0 fully saturated rings. The molecule has 0 saturated heterocycles. The molecule has 1 aliphatic carbocycles. The van der Waals surface area contributed by atoms with Crippen LogP contribution in [0.25, 0.3) is 6.08 Å². The molecule has 0 saturated carbocycles. The van der Waals surface area contributed by atoms with E-state index in [1.54, 1.807) is 30.4 Å². The maximum atomic E-state index is 11.9. The Kier molecular flexibility index (Phi) is 5.44. The molecule has 1 amide bonds. The van der Waals surface area contributed by atoms with Crippen LogP contribution in [0.1, 0.15) is 12.0 Å². The van der Waals surface area contributed by atoms with Crippen molar-refractivity contribution < 1.29 is 14.6 Å². The Morgan fingerprint density at radius 3 is 3.00 bits per heavy atom. The van der Waals surface area contributed by atoms with Crippen LogP contribution in [0.5, 0.6) is 11.5 Å². The van der Waals surface area contributed by atoms with Gasteiger partial charge in [0.25, 0.3) is 0 Å². The molecule has 0 aromatic heterocycles. The fraction of sp³-hybridized carbons (Fsp3) is 0.118. The SMILES string of the molecule is COc1ccc(C=CC(=O)NC2=CC=CCC(Cl)=C2)cc1O. The number of hydrogen-bond donors (Lipinski definition) is 2. The normalized spacial score (nSPS) is 14.3. The van der Waals surface area contributed by atoms with E-state index in [2.05, 4.69) is 5.32 Å². The number of phenolic OH excluding ortho intramolecular Hbond substituents is 1. The van der Waals surface area contributed by atoms with Crippen LogP contribution >= 0.6 is 11.6 Å². The van der Waals surface area contributed by atoms with E-state index in [0.29, 0.717) is 28.5 Å². The lowest BCUT2D eigenvalue weighted by Gasteiger charge is -2.04. The van der Waals surface area contributed by atoms with Gasteiger partial charge in [-0.15, -0.1) is 0 Å². The maximum absolute atomic E-state index is 11.9. The van der Waals surface area contributed by atoms with Crippen molar-refractivity contribution in [1.29, 1.82) is 0 Å². The van der Waals surface area contributed by atoms with Gasteiger partial charge in [-0.25, -0.2) is 0 Å². The number of carbonyl (C=O) groups excluding carboxylic acids is 1. The summed E-state index contributed by atoms with van der Waals surface area (Å²) in [6.45, 7) is 0. The second-order valence-corrected chi connectivity index (χ2v) is 5.08. The zero-order valence-corrected chi connectivity index (χ0v) is 12.8. The summed E-state index contributed by atoms with van der Waals surface area (Å²) in [5.74, 6) is 0.130. The van der Waals surface area contributed by atoms with E-state index in [4.69, 9.17) is 16.3 Å². The number of amides is 1. The Morgan fingerprint density at radius 1 is 1.45 bits per heavy atom. The van der Waals surface area contributed by atoms with Crippen LogP contribution in [0.4, 0.5) is 0 Å². The molecule has 114 valence electrons. The number of hydrogen-bond acceptors (Lipinski definition) is 3. The maximum Gasteiger partial charge on any atom is 0.248 e. The fourth-order valence-electron chi connectivity index (χ4n) is 1.87. The van der Waals surface area contributed by atoms with Crippen molar-refractivity contribution >= 4 is 23.6 Å². The summed E-state index contributed by atoms with van der Waals surface area (Å²) in [5.41, 5.74) is 1.32. The summed E-state index contributed by atoms with van der Waals surface area (Å²) in [6.07, 6.45) is 10.9. The van der Waals surface area contributed by atoms with E-state index >= 15 is 0 Å². The highest BCUT2D eigenvalue weighted by Crippen LogP contribution is 2.26. The summed E-state index contributed by atoms with van der Waals surface area (Å²) in [5, 5.41) is 13.1. The Bertz CT molecular complexity index is 687. The van der Waals surface area contributed by atoms with Gasteiger partial charge in [0.1, 0.15) is 0 Å². The van der Waals surface area contributed by atoms with Gasteiger partial charge in [0.15, 0.2) is 11.5 Å². The number of aromatic hydroxyl groups is 1. The quantitative estimate of drug-likeness (QED) is 0.836. The number of carbonyl (C=O) groups is 1. The van der Waals surface area contributed by atoms with Crippen molar-refractivity contribution in [3.8, 4) is 11.5 Å². The van der Waals surface area contributed by atoms with E-state index in [0.717, 1.165) is 0 Å². The van der Waals surface area contributed by atoms with Gasteiger partial charge in [-0.3, -0.25) is 4.79 Å². The Hall–Kier alpha value is -2.46. The number of nitrogens with one attached hydrogen (secondary N) is 1. The minimum atomic E-state index is -0.280. The van der Waals surface area contributed by atoms with E-state index < -0.39 is 0 Å². The molecule has 4 nitrogen and oxygen atoms in total. The van der Waals surface area contributed by atoms with Crippen molar-refractivity contribution in [3.63, 3.8) is 0 Å². The Morgan fingerprint density at radius 2 is 2.27 bits per heavy atom. The molecule has 2 rings (SSSR count). The van der Waals surface area contributed by atoms with Gasteiger partial charge >= 0.3 is 0 Å². The predicted octanol–water partition coefficient (Wildman–Crippen LogP) is 3.50. The van der Waals surface area contributed by atoms with Gasteiger partial charge < -0.3 is 15.2 Å². The number of allylic oxidation sites excluding steroid dienone is 5.